The minimum atomic E-state index is 0.0445. The molecule has 0 spiro atoms. The third-order valence-corrected chi connectivity index (χ3v) is 4.74. The summed E-state index contributed by atoms with van der Waals surface area (Å²) < 4.78 is 2.37. The third-order valence-electron chi connectivity index (χ3n) is 4.50. The highest BCUT2D eigenvalue weighted by Crippen LogP contribution is 2.33. The first kappa shape index (κ1) is 14.6. The van der Waals surface area contributed by atoms with Gasteiger partial charge in [0.25, 0.3) is 0 Å². The predicted octanol–water partition coefficient (Wildman–Crippen LogP) is 4.67. The molecule has 1 saturated carbocycles. The van der Waals surface area contributed by atoms with Gasteiger partial charge >= 0.3 is 0 Å². The van der Waals surface area contributed by atoms with Crippen LogP contribution in [0.25, 0.3) is 0 Å². The lowest BCUT2D eigenvalue weighted by molar-refractivity contribution is 0.102. The summed E-state index contributed by atoms with van der Waals surface area (Å²) in [4.78, 5) is 11.9. The van der Waals surface area contributed by atoms with Crippen LogP contribution in [0.1, 0.15) is 66.8 Å². The maximum absolute atomic E-state index is 11.9. The van der Waals surface area contributed by atoms with E-state index in [0.29, 0.717) is 6.04 Å². The van der Waals surface area contributed by atoms with Crippen LogP contribution in [0, 0.1) is 19.8 Å². The highest BCUT2D eigenvalue weighted by Gasteiger charge is 2.22. The smallest absolute Gasteiger partial charge is 0.179 e. The summed E-state index contributed by atoms with van der Waals surface area (Å²) in [6.45, 7) is 6.51. The van der Waals surface area contributed by atoms with Crippen molar-refractivity contribution in [1.82, 2.24) is 4.57 Å². The Morgan fingerprint density at radius 2 is 2.05 bits per heavy atom. The Balaban J connectivity index is 2.29. The van der Waals surface area contributed by atoms with E-state index in [2.05, 4.69) is 25.3 Å². The van der Waals surface area contributed by atoms with E-state index in [9.17, 15) is 4.79 Å². The van der Waals surface area contributed by atoms with Crippen LogP contribution >= 0.6 is 11.6 Å². The van der Waals surface area contributed by atoms with Crippen LogP contribution in [-0.2, 0) is 0 Å². The molecule has 2 rings (SSSR count). The zero-order chi connectivity index (χ0) is 14.0. The van der Waals surface area contributed by atoms with Gasteiger partial charge in [-0.3, -0.25) is 4.79 Å². The van der Waals surface area contributed by atoms with Crippen LogP contribution in [-0.4, -0.2) is 16.2 Å². The molecule has 0 N–H and O–H groups in total. The number of hydrogen-bond donors (Lipinski definition) is 0. The summed E-state index contributed by atoms with van der Waals surface area (Å²) in [5.74, 6) is 0.958. The minimum absolute atomic E-state index is 0.0445. The molecule has 0 radical (unpaired) electrons. The summed E-state index contributed by atoms with van der Waals surface area (Å²) in [7, 11) is 0. The Morgan fingerprint density at radius 3 is 2.74 bits per heavy atom. The van der Waals surface area contributed by atoms with Gasteiger partial charge in [-0.05, 0) is 45.1 Å². The van der Waals surface area contributed by atoms with E-state index in [0.717, 1.165) is 17.2 Å². The summed E-state index contributed by atoms with van der Waals surface area (Å²) in [5.41, 5.74) is 3.11. The second-order valence-electron chi connectivity index (χ2n) is 5.98. The molecule has 1 aromatic heterocycles. The number of nitrogens with zero attached hydrogens (tertiary/aromatic N) is 1. The fraction of sp³-hybridized carbons (Fsp3) is 0.688. The molecule has 2 nitrogen and oxygen atoms in total. The van der Waals surface area contributed by atoms with Crippen molar-refractivity contribution in [2.45, 2.75) is 58.9 Å². The van der Waals surface area contributed by atoms with Crippen molar-refractivity contribution < 1.29 is 4.79 Å². The largest absolute Gasteiger partial charge is 0.345 e. The molecule has 1 aliphatic rings. The average Bonchev–Trinajstić information content (AvgIpc) is 2.55. The zero-order valence-corrected chi connectivity index (χ0v) is 13.0. The van der Waals surface area contributed by atoms with Gasteiger partial charge in [0.1, 0.15) is 0 Å². The van der Waals surface area contributed by atoms with E-state index < -0.39 is 0 Å². The SMILES string of the molecule is Cc1cc(C(=O)CCl)c(C)n1C1CCCC(C)CC1. The molecule has 1 aliphatic carbocycles. The molecule has 1 fully saturated rings. The number of ketones is 1. The van der Waals surface area contributed by atoms with Crippen molar-refractivity contribution in [2.24, 2.45) is 5.92 Å². The van der Waals surface area contributed by atoms with E-state index in [1.165, 1.54) is 37.8 Å². The first-order valence-corrected chi connectivity index (χ1v) is 7.85. The molecule has 0 aliphatic heterocycles. The quantitative estimate of drug-likeness (QED) is 0.448. The summed E-state index contributed by atoms with van der Waals surface area (Å²) in [6.07, 6.45) is 6.38. The van der Waals surface area contributed by atoms with Crippen molar-refractivity contribution >= 4 is 17.4 Å². The number of alkyl halides is 1. The summed E-state index contributed by atoms with van der Waals surface area (Å²) >= 11 is 5.69. The van der Waals surface area contributed by atoms with Crippen molar-refractivity contribution in [1.29, 1.82) is 0 Å². The molecule has 2 atom stereocenters. The van der Waals surface area contributed by atoms with Gasteiger partial charge < -0.3 is 4.57 Å². The number of Topliss-reactive ketones (excluding diaryl/α,β-unsaturated/α-hetero) is 1. The van der Waals surface area contributed by atoms with Gasteiger partial charge in [0, 0.05) is 23.0 Å². The molecule has 0 saturated heterocycles. The lowest BCUT2D eigenvalue weighted by atomic mass is 10.0. The fourth-order valence-corrected chi connectivity index (χ4v) is 3.56. The van der Waals surface area contributed by atoms with Crippen LogP contribution in [0.5, 0.6) is 0 Å². The molecule has 19 heavy (non-hydrogen) atoms. The monoisotopic (exact) mass is 281 g/mol. The lowest BCUT2D eigenvalue weighted by Crippen LogP contribution is -2.12. The summed E-state index contributed by atoms with van der Waals surface area (Å²) in [5, 5.41) is 0. The predicted molar refractivity (Wildman–Crippen MR) is 80.2 cm³/mol. The first-order valence-electron chi connectivity index (χ1n) is 7.32. The Kier molecular flexibility index (Phi) is 4.72. The Hall–Kier alpha value is -0.760. The number of carbonyl (C=O) groups is 1. The van der Waals surface area contributed by atoms with Crippen molar-refractivity contribution in [3.05, 3.63) is 23.0 Å². The number of carbonyl (C=O) groups excluding carboxylic acids is 1. The van der Waals surface area contributed by atoms with Crippen molar-refractivity contribution in [3.63, 3.8) is 0 Å². The van der Waals surface area contributed by atoms with Crippen molar-refractivity contribution in [3.8, 4) is 0 Å². The van der Waals surface area contributed by atoms with E-state index in [4.69, 9.17) is 11.6 Å². The lowest BCUT2D eigenvalue weighted by Gasteiger charge is -2.21. The van der Waals surface area contributed by atoms with Crippen LogP contribution in [0.4, 0.5) is 0 Å². The molecule has 2 unspecified atom stereocenters. The summed E-state index contributed by atoms with van der Waals surface area (Å²) in [6, 6.07) is 2.57. The third kappa shape index (κ3) is 3.05. The molecule has 106 valence electrons. The van der Waals surface area contributed by atoms with Gasteiger partial charge in [0.2, 0.25) is 0 Å². The highest BCUT2D eigenvalue weighted by atomic mass is 35.5. The maximum atomic E-state index is 11.9. The van der Waals surface area contributed by atoms with Gasteiger partial charge in [-0.2, -0.15) is 0 Å². The van der Waals surface area contributed by atoms with E-state index in [1.807, 2.05) is 6.07 Å². The van der Waals surface area contributed by atoms with Crippen LogP contribution in [0.15, 0.2) is 6.07 Å². The van der Waals surface area contributed by atoms with Crippen molar-refractivity contribution in [2.75, 3.05) is 5.88 Å². The number of hydrogen-bond acceptors (Lipinski definition) is 1. The maximum Gasteiger partial charge on any atom is 0.179 e. The minimum Gasteiger partial charge on any atom is -0.345 e. The topological polar surface area (TPSA) is 22.0 Å². The zero-order valence-electron chi connectivity index (χ0n) is 12.2. The number of aryl methyl sites for hydroxylation is 1. The molecule has 3 heteroatoms. The van der Waals surface area contributed by atoms with Gasteiger partial charge in [-0.25, -0.2) is 0 Å². The number of halogens is 1. The highest BCUT2D eigenvalue weighted by molar-refractivity contribution is 6.30. The van der Waals surface area contributed by atoms with Crippen LogP contribution in [0.2, 0.25) is 0 Å². The molecule has 1 aromatic rings. The van der Waals surface area contributed by atoms with E-state index in [1.54, 1.807) is 0 Å². The molecular weight excluding hydrogens is 258 g/mol. The normalized spacial score (nSPS) is 24.2. The molecule has 0 amide bonds. The molecular formula is C16H24ClNO. The standard InChI is InChI=1S/C16H24ClNO/c1-11-5-4-6-14(8-7-11)18-12(2)9-15(13(18)3)16(19)10-17/h9,11,14H,4-8,10H2,1-3H3. The van der Waals surface area contributed by atoms with Crippen LogP contribution in [0.3, 0.4) is 0 Å². The van der Waals surface area contributed by atoms with Gasteiger partial charge in [-0.1, -0.05) is 19.8 Å². The second-order valence-corrected chi connectivity index (χ2v) is 6.25. The molecule has 0 aromatic carbocycles. The first-order chi connectivity index (χ1) is 9.04. The number of aromatic nitrogens is 1. The average molecular weight is 282 g/mol. The Labute approximate surface area is 121 Å². The Morgan fingerprint density at radius 1 is 1.32 bits per heavy atom. The number of rotatable bonds is 3. The van der Waals surface area contributed by atoms with E-state index in [-0.39, 0.29) is 11.7 Å². The van der Waals surface area contributed by atoms with Crippen LogP contribution < -0.4 is 0 Å². The molecule has 0 bridgehead atoms. The molecule has 1 heterocycles. The fourth-order valence-electron chi connectivity index (χ4n) is 3.42. The van der Waals surface area contributed by atoms with Gasteiger partial charge in [0.05, 0.1) is 5.88 Å². The van der Waals surface area contributed by atoms with E-state index >= 15 is 0 Å². The Bertz CT molecular complexity index is 464. The second kappa shape index (κ2) is 6.13. The van der Waals surface area contributed by atoms with Gasteiger partial charge in [0.15, 0.2) is 5.78 Å². The van der Waals surface area contributed by atoms with Gasteiger partial charge in [-0.15, -0.1) is 11.6 Å².